The zero-order valence-electron chi connectivity index (χ0n) is 23.5. The van der Waals surface area contributed by atoms with Gasteiger partial charge in [0.05, 0.1) is 32.1 Å². The summed E-state index contributed by atoms with van der Waals surface area (Å²) in [5, 5.41) is 6.28. The molecule has 0 aliphatic carbocycles. The molecule has 2 amide bonds. The van der Waals surface area contributed by atoms with E-state index in [4.69, 9.17) is 14.6 Å². The van der Waals surface area contributed by atoms with Gasteiger partial charge in [0.2, 0.25) is 0 Å². The van der Waals surface area contributed by atoms with Crippen molar-refractivity contribution >= 4 is 17.5 Å². The van der Waals surface area contributed by atoms with Crippen LogP contribution >= 0.6 is 0 Å². The molecule has 1 atom stereocenters. The monoisotopic (exact) mass is 558 g/mol. The highest BCUT2D eigenvalue weighted by molar-refractivity contribution is 6.04. The minimum atomic E-state index is -0.498. The zero-order valence-corrected chi connectivity index (χ0v) is 23.5. The van der Waals surface area contributed by atoms with E-state index in [1.54, 1.807) is 13.2 Å². The molecule has 0 N–H and O–H groups in total. The summed E-state index contributed by atoms with van der Waals surface area (Å²) in [7, 11) is 1.61. The van der Waals surface area contributed by atoms with Gasteiger partial charge < -0.3 is 14.4 Å². The second kappa shape index (κ2) is 13.1. The van der Waals surface area contributed by atoms with E-state index in [9.17, 15) is 14.0 Å². The smallest absolute Gasteiger partial charge is 0.262 e. The Morgan fingerprint density at radius 1 is 1.05 bits per heavy atom. The maximum absolute atomic E-state index is 14.0. The molecule has 5 rings (SSSR count). The topological polar surface area (TPSA) is 74.7 Å². The van der Waals surface area contributed by atoms with Crippen LogP contribution < -0.4 is 4.74 Å². The summed E-state index contributed by atoms with van der Waals surface area (Å²) in [6.07, 6.45) is 0.521. The minimum absolute atomic E-state index is 0.184. The molecule has 0 aromatic heterocycles. The van der Waals surface area contributed by atoms with Gasteiger partial charge in [-0.25, -0.2) is 9.40 Å². The molecule has 2 heterocycles. The largest absolute Gasteiger partial charge is 0.497 e. The third-order valence-corrected chi connectivity index (χ3v) is 7.51. The van der Waals surface area contributed by atoms with Gasteiger partial charge in [-0.1, -0.05) is 48.0 Å². The third-order valence-electron chi connectivity index (χ3n) is 7.51. The van der Waals surface area contributed by atoms with Crippen molar-refractivity contribution in [3.05, 3.63) is 101 Å². The van der Waals surface area contributed by atoms with Crippen molar-refractivity contribution in [1.82, 2.24) is 14.8 Å². The predicted octanol–water partition coefficient (Wildman–Crippen LogP) is 4.30. The Kier molecular flexibility index (Phi) is 9.06. The second-order valence-corrected chi connectivity index (χ2v) is 10.3. The molecular formula is C32H35FN4O4. The SMILES string of the molecule is COc1cccc(C2=NN(C(=O)CN(CCN3CCOCC3)C(=O)c3cccc(F)c3)[C@@H](c3ccc(C)cc3)C2)c1. The molecule has 9 heteroatoms. The van der Waals surface area contributed by atoms with Crippen LogP contribution in [0.15, 0.2) is 77.9 Å². The van der Waals surface area contributed by atoms with Gasteiger partial charge in [0.1, 0.15) is 18.1 Å². The van der Waals surface area contributed by atoms with Crippen molar-refractivity contribution in [3.63, 3.8) is 0 Å². The molecule has 2 aliphatic heterocycles. The molecule has 0 radical (unpaired) electrons. The van der Waals surface area contributed by atoms with E-state index in [-0.39, 0.29) is 24.1 Å². The van der Waals surface area contributed by atoms with Crippen LogP contribution in [0.5, 0.6) is 5.75 Å². The second-order valence-electron chi connectivity index (χ2n) is 10.3. The summed E-state index contributed by atoms with van der Waals surface area (Å²) < 4.78 is 24.9. The minimum Gasteiger partial charge on any atom is -0.497 e. The number of ether oxygens (including phenoxy) is 2. The Labute approximate surface area is 240 Å². The number of aryl methyl sites for hydroxylation is 1. The molecule has 2 aliphatic rings. The lowest BCUT2D eigenvalue weighted by atomic mass is 9.97. The molecule has 41 heavy (non-hydrogen) atoms. The van der Waals surface area contributed by atoms with Crippen LogP contribution in [0.3, 0.4) is 0 Å². The average Bonchev–Trinajstić information content (AvgIpc) is 3.45. The van der Waals surface area contributed by atoms with Crippen LogP contribution in [0.2, 0.25) is 0 Å². The summed E-state index contributed by atoms with van der Waals surface area (Å²) in [5.41, 5.74) is 3.92. The molecule has 0 spiro atoms. The fourth-order valence-electron chi connectivity index (χ4n) is 5.14. The van der Waals surface area contributed by atoms with Crippen LogP contribution in [0.1, 0.15) is 39.5 Å². The third kappa shape index (κ3) is 6.99. The first-order chi connectivity index (χ1) is 19.9. The van der Waals surface area contributed by atoms with Gasteiger partial charge in [-0.2, -0.15) is 5.10 Å². The van der Waals surface area contributed by atoms with E-state index in [0.717, 1.165) is 35.5 Å². The molecule has 0 saturated carbocycles. The molecule has 3 aromatic carbocycles. The van der Waals surface area contributed by atoms with Gasteiger partial charge in [0.15, 0.2) is 0 Å². The standard InChI is InChI=1S/C32H35FN4O4/c1-23-9-11-24(12-10-23)30-21-29(25-5-4-8-28(20-25)40-2)34-37(30)31(38)22-36(14-13-35-15-17-41-18-16-35)32(39)26-6-3-7-27(33)19-26/h3-12,19-20,30H,13-18,21-22H2,1-2H3/t30-/m1/s1. The number of halogens is 1. The van der Waals surface area contributed by atoms with Gasteiger partial charge in [-0.3, -0.25) is 14.5 Å². The quantitative estimate of drug-likeness (QED) is 0.392. The van der Waals surface area contributed by atoms with Crippen molar-refractivity contribution in [3.8, 4) is 5.75 Å². The van der Waals surface area contributed by atoms with Gasteiger partial charge in [-0.15, -0.1) is 0 Å². The van der Waals surface area contributed by atoms with Crippen molar-refractivity contribution in [1.29, 1.82) is 0 Å². The lowest BCUT2D eigenvalue weighted by Crippen LogP contribution is -2.46. The number of benzene rings is 3. The van der Waals surface area contributed by atoms with Gasteiger partial charge in [-0.05, 0) is 42.8 Å². The summed E-state index contributed by atoms with van der Waals surface area (Å²) in [5.74, 6) is -0.493. The van der Waals surface area contributed by atoms with Gasteiger partial charge in [0.25, 0.3) is 11.8 Å². The van der Waals surface area contributed by atoms with Crippen LogP contribution in [0, 0.1) is 12.7 Å². The van der Waals surface area contributed by atoms with E-state index in [1.807, 2.05) is 55.5 Å². The van der Waals surface area contributed by atoms with Gasteiger partial charge in [0, 0.05) is 43.7 Å². The maximum atomic E-state index is 14.0. The first-order valence-electron chi connectivity index (χ1n) is 13.9. The number of methoxy groups -OCH3 is 1. The summed E-state index contributed by atoms with van der Waals surface area (Å²) >= 11 is 0. The number of amides is 2. The van der Waals surface area contributed by atoms with Crippen LogP contribution in [-0.4, -0.2) is 85.4 Å². The highest BCUT2D eigenvalue weighted by Gasteiger charge is 2.35. The Morgan fingerprint density at radius 3 is 2.54 bits per heavy atom. The Hall–Kier alpha value is -4.08. The number of nitrogens with zero attached hydrogens (tertiary/aromatic N) is 4. The van der Waals surface area contributed by atoms with Crippen molar-refractivity contribution in [2.24, 2.45) is 5.10 Å². The fraction of sp³-hybridized carbons (Fsp3) is 0.344. The highest BCUT2D eigenvalue weighted by atomic mass is 19.1. The van der Waals surface area contributed by atoms with Gasteiger partial charge >= 0.3 is 0 Å². The molecule has 3 aromatic rings. The number of carbonyl (C=O) groups is 2. The first-order valence-corrected chi connectivity index (χ1v) is 13.9. The van der Waals surface area contributed by atoms with E-state index < -0.39 is 11.7 Å². The summed E-state index contributed by atoms with van der Waals surface area (Å²) in [6.45, 7) is 5.50. The lowest BCUT2D eigenvalue weighted by molar-refractivity contribution is -0.133. The summed E-state index contributed by atoms with van der Waals surface area (Å²) in [4.78, 5) is 31.2. The normalized spacial score (nSPS) is 17.3. The number of hydrazone groups is 1. The van der Waals surface area contributed by atoms with Crippen molar-refractivity contribution in [2.75, 3.05) is 53.0 Å². The number of hydrogen-bond donors (Lipinski definition) is 0. The lowest BCUT2D eigenvalue weighted by Gasteiger charge is -2.31. The van der Waals surface area contributed by atoms with Crippen molar-refractivity contribution in [2.45, 2.75) is 19.4 Å². The van der Waals surface area contributed by atoms with Crippen LogP contribution in [0.25, 0.3) is 0 Å². The molecule has 8 nitrogen and oxygen atoms in total. The number of hydrogen-bond acceptors (Lipinski definition) is 6. The van der Waals surface area contributed by atoms with E-state index >= 15 is 0 Å². The van der Waals surface area contributed by atoms with E-state index in [2.05, 4.69) is 4.90 Å². The predicted molar refractivity (Wildman–Crippen MR) is 154 cm³/mol. The van der Waals surface area contributed by atoms with Crippen molar-refractivity contribution < 1.29 is 23.5 Å². The molecule has 1 saturated heterocycles. The summed E-state index contributed by atoms with van der Waals surface area (Å²) in [6, 6.07) is 20.9. The van der Waals surface area contributed by atoms with E-state index in [0.29, 0.717) is 38.5 Å². The number of morpholine rings is 1. The molecular weight excluding hydrogens is 523 g/mol. The zero-order chi connectivity index (χ0) is 28.8. The van der Waals surface area contributed by atoms with E-state index in [1.165, 1.54) is 28.1 Å². The fourth-order valence-corrected chi connectivity index (χ4v) is 5.14. The average molecular weight is 559 g/mol. The van der Waals surface area contributed by atoms with Crippen LogP contribution in [-0.2, 0) is 9.53 Å². The Morgan fingerprint density at radius 2 is 1.80 bits per heavy atom. The molecule has 1 fully saturated rings. The Bertz CT molecular complexity index is 1400. The Balaban J connectivity index is 1.42. The maximum Gasteiger partial charge on any atom is 0.262 e. The molecule has 214 valence electrons. The first kappa shape index (κ1) is 28.4. The molecule has 0 unspecified atom stereocenters. The number of rotatable bonds is 9. The highest BCUT2D eigenvalue weighted by Crippen LogP contribution is 2.34. The van der Waals surface area contributed by atoms with Crippen LogP contribution in [0.4, 0.5) is 4.39 Å². The molecule has 0 bridgehead atoms. The number of carbonyl (C=O) groups excluding carboxylic acids is 2.